The van der Waals surface area contributed by atoms with Crippen LogP contribution in [0.3, 0.4) is 0 Å². The molecular formula is C14H23NS. The van der Waals surface area contributed by atoms with Gasteiger partial charge >= 0.3 is 0 Å². The van der Waals surface area contributed by atoms with E-state index in [0.29, 0.717) is 0 Å². The average molecular weight is 237 g/mol. The molecule has 1 nitrogen and oxygen atoms in total. The van der Waals surface area contributed by atoms with Crippen molar-refractivity contribution in [3.05, 3.63) is 29.3 Å². The van der Waals surface area contributed by atoms with Crippen molar-refractivity contribution in [2.75, 3.05) is 12.3 Å². The van der Waals surface area contributed by atoms with E-state index in [9.17, 15) is 0 Å². The first-order chi connectivity index (χ1) is 7.77. The maximum absolute atomic E-state index is 3.43. The van der Waals surface area contributed by atoms with E-state index < -0.39 is 0 Å². The van der Waals surface area contributed by atoms with Crippen molar-refractivity contribution in [3.8, 4) is 0 Å². The average Bonchev–Trinajstić information content (AvgIpc) is 2.28. The van der Waals surface area contributed by atoms with Gasteiger partial charge < -0.3 is 5.32 Å². The van der Waals surface area contributed by atoms with Gasteiger partial charge in [-0.3, -0.25) is 0 Å². The molecule has 0 saturated carbocycles. The lowest BCUT2D eigenvalue weighted by molar-refractivity contribution is 0.675. The summed E-state index contributed by atoms with van der Waals surface area (Å²) >= 11 is 1.96. The van der Waals surface area contributed by atoms with Gasteiger partial charge in [-0.05, 0) is 49.3 Å². The number of nitrogens with one attached hydrogen (secondary N) is 1. The third-order valence-corrected chi connectivity index (χ3v) is 3.84. The van der Waals surface area contributed by atoms with E-state index >= 15 is 0 Å². The Balaban J connectivity index is 2.53. The van der Waals surface area contributed by atoms with Crippen molar-refractivity contribution in [2.24, 2.45) is 0 Å². The molecule has 1 aromatic carbocycles. The minimum Gasteiger partial charge on any atom is -0.313 e. The van der Waals surface area contributed by atoms with E-state index in [1.165, 1.54) is 34.6 Å². The molecule has 0 aliphatic rings. The van der Waals surface area contributed by atoms with Gasteiger partial charge in [-0.2, -0.15) is 0 Å². The van der Waals surface area contributed by atoms with Crippen LogP contribution < -0.4 is 5.32 Å². The first-order valence-corrected chi connectivity index (χ1v) is 7.19. The molecule has 0 saturated heterocycles. The van der Waals surface area contributed by atoms with Crippen LogP contribution in [0.2, 0.25) is 0 Å². The quantitative estimate of drug-likeness (QED) is 0.568. The Morgan fingerprint density at radius 2 is 2.00 bits per heavy atom. The summed E-state index contributed by atoms with van der Waals surface area (Å²) in [5.41, 5.74) is 2.81. The van der Waals surface area contributed by atoms with Gasteiger partial charge in [0.1, 0.15) is 0 Å². The van der Waals surface area contributed by atoms with Crippen LogP contribution in [0.1, 0.15) is 37.8 Å². The Morgan fingerprint density at radius 3 is 2.62 bits per heavy atom. The third-order valence-electron chi connectivity index (χ3n) is 2.46. The van der Waals surface area contributed by atoms with Crippen molar-refractivity contribution in [1.29, 1.82) is 0 Å². The highest BCUT2D eigenvalue weighted by atomic mass is 32.2. The molecule has 1 rings (SSSR count). The van der Waals surface area contributed by atoms with Crippen LogP contribution in [-0.4, -0.2) is 12.3 Å². The van der Waals surface area contributed by atoms with E-state index in [0.717, 1.165) is 13.1 Å². The fraction of sp³-hybridized carbons (Fsp3) is 0.571. The second kappa shape index (κ2) is 7.75. The Morgan fingerprint density at radius 1 is 1.19 bits per heavy atom. The lowest BCUT2D eigenvalue weighted by Crippen LogP contribution is -2.13. The standard InChI is InChI=1S/C14H23NS/c1-4-8-15-11-13-6-7-14(12(3)10-13)16-9-5-2/h6-7,10,15H,4-5,8-9,11H2,1-3H3. The molecule has 0 unspecified atom stereocenters. The Bertz CT molecular complexity index is 310. The molecule has 1 aromatic rings. The highest BCUT2D eigenvalue weighted by Crippen LogP contribution is 2.23. The molecule has 1 N–H and O–H groups in total. The molecule has 0 bridgehead atoms. The van der Waals surface area contributed by atoms with Gasteiger partial charge in [0, 0.05) is 11.4 Å². The van der Waals surface area contributed by atoms with Gasteiger partial charge in [0.15, 0.2) is 0 Å². The van der Waals surface area contributed by atoms with Gasteiger partial charge in [0.05, 0.1) is 0 Å². The molecule has 0 spiro atoms. The molecule has 0 fully saturated rings. The Hall–Kier alpha value is -0.470. The third kappa shape index (κ3) is 4.58. The highest BCUT2D eigenvalue weighted by molar-refractivity contribution is 7.99. The van der Waals surface area contributed by atoms with Gasteiger partial charge in [0.2, 0.25) is 0 Å². The molecule has 2 heteroatoms. The molecule has 0 radical (unpaired) electrons. The van der Waals surface area contributed by atoms with Crippen LogP contribution in [0.25, 0.3) is 0 Å². The molecule has 90 valence electrons. The normalized spacial score (nSPS) is 10.7. The summed E-state index contributed by atoms with van der Waals surface area (Å²) in [5.74, 6) is 1.22. The van der Waals surface area contributed by atoms with Gasteiger partial charge in [-0.1, -0.05) is 26.0 Å². The van der Waals surface area contributed by atoms with Crippen LogP contribution in [0.4, 0.5) is 0 Å². The van der Waals surface area contributed by atoms with Gasteiger partial charge in [-0.25, -0.2) is 0 Å². The first kappa shape index (κ1) is 13.6. The lowest BCUT2D eigenvalue weighted by Gasteiger charge is -2.08. The van der Waals surface area contributed by atoms with E-state index in [1.807, 2.05) is 11.8 Å². The lowest BCUT2D eigenvalue weighted by atomic mass is 10.1. The van der Waals surface area contributed by atoms with Crippen LogP contribution in [0, 0.1) is 6.92 Å². The molecule has 0 aliphatic carbocycles. The summed E-state index contributed by atoms with van der Waals surface area (Å²) in [6.07, 6.45) is 2.44. The Kier molecular flexibility index (Phi) is 6.58. The van der Waals surface area contributed by atoms with Crippen molar-refractivity contribution in [1.82, 2.24) is 5.32 Å². The number of hydrogen-bond acceptors (Lipinski definition) is 2. The maximum atomic E-state index is 3.43. The zero-order chi connectivity index (χ0) is 11.8. The van der Waals surface area contributed by atoms with Gasteiger partial charge in [0.25, 0.3) is 0 Å². The summed E-state index contributed by atoms with van der Waals surface area (Å²) in [7, 11) is 0. The number of aryl methyl sites for hydroxylation is 1. The maximum Gasteiger partial charge on any atom is 0.0205 e. The highest BCUT2D eigenvalue weighted by Gasteiger charge is 2.00. The second-order valence-corrected chi connectivity index (χ2v) is 5.26. The van der Waals surface area contributed by atoms with Crippen LogP contribution >= 0.6 is 11.8 Å². The molecular weight excluding hydrogens is 214 g/mol. The monoisotopic (exact) mass is 237 g/mol. The van der Waals surface area contributed by atoms with Gasteiger partial charge in [-0.15, -0.1) is 11.8 Å². The van der Waals surface area contributed by atoms with E-state index in [2.05, 4.69) is 44.3 Å². The minimum atomic E-state index is 0.993. The summed E-state index contributed by atoms with van der Waals surface area (Å²) < 4.78 is 0. The molecule has 0 aromatic heterocycles. The number of hydrogen-bond donors (Lipinski definition) is 1. The SMILES string of the molecule is CCCNCc1ccc(SCCC)c(C)c1. The largest absolute Gasteiger partial charge is 0.313 e. The summed E-state index contributed by atoms with van der Waals surface area (Å²) in [5, 5.41) is 3.43. The van der Waals surface area contributed by atoms with Crippen LogP contribution in [-0.2, 0) is 6.54 Å². The molecule has 0 heterocycles. The van der Waals surface area contributed by atoms with Crippen LogP contribution in [0.15, 0.2) is 23.1 Å². The summed E-state index contributed by atoms with van der Waals surface area (Å²) in [4.78, 5) is 1.43. The van der Waals surface area contributed by atoms with Crippen molar-refractivity contribution in [3.63, 3.8) is 0 Å². The summed E-state index contributed by atoms with van der Waals surface area (Å²) in [6, 6.07) is 6.81. The zero-order valence-corrected chi connectivity index (χ0v) is 11.5. The molecule has 0 amide bonds. The number of rotatable bonds is 7. The van der Waals surface area contributed by atoms with Crippen molar-refractivity contribution < 1.29 is 0 Å². The number of benzene rings is 1. The second-order valence-electron chi connectivity index (χ2n) is 4.13. The van der Waals surface area contributed by atoms with Crippen molar-refractivity contribution >= 4 is 11.8 Å². The van der Waals surface area contributed by atoms with Crippen LogP contribution in [0.5, 0.6) is 0 Å². The fourth-order valence-corrected chi connectivity index (χ4v) is 2.48. The minimum absolute atomic E-state index is 0.993. The summed E-state index contributed by atoms with van der Waals surface area (Å²) in [6.45, 7) is 8.73. The first-order valence-electron chi connectivity index (χ1n) is 6.21. The fourth-order valence-electron chi connectivity index (χ4n) is 1.60. The predicted octanol–water partition coefficient (Wildman–Crippen LogP) is 4.00. The molecule has 16 heavy (non-hydrogen) atoms. The van der Waals surface area contributed by atoms with E-state index in [1.54, 1.807) is 0 Å². The predicted molar refractivity (Wildman–Crippen MR) is 74.2 cm³/mol. The number of thioether (sulfide) groups is 1. The Labute approximate surface area is 104 Å². The topological polar surface area (TPSA) is 12.0 Å². The molecule has 0 aliphatic heterocycles. The smallest absolute Gasteiger partial charge is 0.0205 e. The van der Waals surface area contributed by atoms with Crippen molar-refractivity contribution in [2.45, 2.75) is 45.1 Å². The molecule has 0 atom stereocenters. The zero-order valence-electron chi connectivity index (χ0n) is 10.7. The van der Waals surface area contributed by atoms with E-state index in [4.69, 9.17) is 0 Å². The van der Waals surface area contributed by atoms with E-state index in [-0.39, 0.29) is 0 Å².